The molecule has 1 aromatic rings. The monoisotopic (exact) mass is 182 g/mol. The molecule has 0 aliphatic carbocycles. The van der Waals surface area contributed by atoms with Crippen LogP contribution in [0.3, 0.4) is 0 Å². The van der Waals surface area contributed by atoms with Gasteiger partial charge in [0.15, 0.2) is 5.60 Å². The van der Waals surface area contributed by atoms with Gasteiger partial charge in [0, 0.05) is 5.92 Å². The average molecular weight is 182 g/mol. The van der Waals surface area contributed by atoms with Gasteiger partial charge in [-0.05, 0) is 12.1 Å². The van der Waals surface area contributed by atoms with Crippen LogP contribution in [0.5, 0.6) is 0 Å². The zero-order valence-corrected chi connectivity index (χ0v) is 7.60. The number of aliphatic hydroxyl groups is 2. The quantitative estimate of drug-likeness (QED) is 0.690. The fourth-order valence-electron chi connectivity index (χ4n) is 1.17. The van der Waals surface area contributed by atoms with Crippen molar-refractivity contribution in [1.29, 1.82) is 0 Å². The van der Waals surface area contributed by atoms with Crippen LogP contribution in [0.4, 0.5) is 0 Å². The van der Waals surface area contributed by atoms with E-state index in [1.807, 2.05) is 0 Å². The lowest BCUT2D eigenvalue weighted by atomic mass is 9.87. The molecule has 72 valence electrons. The summed E-state index contributed by atoms with van der Waals surface area (Å²) in [6.45, 7) is 4.96. The van der Waals surface area contributed by atoms with Crippen molar-refractivity contribution in [2.24, 2.45) is 5.92 Å². The normalized spacial score (nSPS) is 17.8. The third-order valence-electron chi connectivity index (χ3n) is 2.30. The van der Waals surface area contributed by atoms with Crippen molar-refractivity contribution in [2.45, 2.75) is 12.5 Å². The van der Waals surface area contributed by atoms with E-state index < -0.39 is 5.60 Å². The van der Waals surface area contributed by atoms with Gasteiger partial charge in [-0.3, -0.25) is 0 Å². The van der Waals surface area contributed by atoms with E-state index in [0.717, 1.165) is 0 Å². The third kappa shape index (κ3) is 1.66. The molecule has 0 saturated heterocycles. The Kier molecular flexibility index (Phi) is 2.90. The van der Waals surface area contributed by atoms with Gasteiger partial charge in [-0.15, -0.1) is 6.58 Å². The summed E-state index contributed by atoms with van der Waals surface area (Å²) in [5, 5.41) is 19.1. The second-order valence-electron chi connectivity index (χ2n) is 3.08. The predicted octanol–water partition coefficient (Wildman–Crippen LogP) is 1.28. The Labute approximate surface area is 77.3 Å². The highest BCUT2D eigenvalue weighted by Crippen LogP contribution is 2.30. The molecule has 0 saturated carbocycles. The van der Waals surface area contributed by atoms with Crippen LogP contribution >= 0.6 is 0 Å². The van der Waals surface area contributed by atoms with Gasteiger partial charge in [0.2, 0.25) is 0 Å². The van der Waals surface area contributed by atoms with Crippen molar-refractivity contribution in [3.05, 3.63) is 36.8 Å². The molecule has 0 fully saturated rings. The first-order chi connectivity index (χ1) is 6.15. The fraction of sp³-hybridized carbons (Fsp3) is 0.400. The molecule has 1 rings (SSSR count). The summed E-state index contributed by atoms with van der Waals surface area (Å²) in [6, 6.07) is 3.31. The van der Waals surface area contributed by atoms with Gasteiger partial charge in [-0.2, -0.15) is 0 Å². The van der Waals surface area contributed by atoms with Gasteiger partial charge in [0.05, 0.1) is 12.9 Å². The van der Waals surface area contributed by atoms with Crippen LogP contribution in [0.1, 0.15) is 12.7 Å². The lowest BCUT2D eigenvalue weighted by molar-refractivity contribution is -0.0637. The van der Waals surface area contributed by atoms with E-state index in [1.165, 1.54) is 6.26 Å². The van der Waals surface area contributed by atoms with E-state index >= 15 is 0 Å². The first kappa shape index (κ1) is 10.0. The van der Waals surface area contributed by atoms with E-state index in [0.29, 0.717) is 5.76 Å². The standard InChI is InChI=1S/C10H14O3/c1-3-8(2)10(12,7-11)9-5-4-6-13-9/h3-6,8,11-12H,1,7H2,2H3. The van der Waals surface area contributed by atoms with Crippen LogP contribution < -0.4 is 0 Å². The maximum atomic E-state index is 10.0. The minimum atomic E-state index is -1.36. The first-order valence-corrected chi connectivity index (χ1v) is 4.15. The molecule has 0 radical (unpaired) electrons. The summed E-state index contributed by atoms with van der Waals surface area (Å²) < 4.78 is 5.05. The number of furan rings is 1. The SMILES string of the molecule is C=CC(C)C(O)(CO)c1ccco1. The molecule has 3 heteroatoms. The highest BCUT2D eigenvalue weighted by molar-refractivity contribution is 5.13. The number of hydrogen-bond donors (Lipinski definition) is 2. The Hall–Kier alpha value is -1.06. The number of rotatable bonds is 4. The molecule has 1 aromatic heterocycles. The summed E-state index contributed by atoms with van der Waals surface area (Å²) in [5.41, 5.74) is -1.36. The van der Waals surface area contributed by atoms with Crippen molar-refractivity contribution in [3.63, 3.8) is 0 Å². The molecule has 0 bridgehead atoms. The van der Waals surface area contributed by atoms with E-state index in [9.17, 15) is 5.11 Å². The fourth-order valence-corrected chi connectivity index (χ4v) is 1.17. The lowest BCUT2D eigenvalue weighted by Gasteiger charge is -2.27. The summed E-state index contributed by atoms with van der Waals surface area (Å²) in [5.74, 6) is 0.103. The molecule has 2 unspecified atom stereocenters. The molecule has 0 aliphatic heterocycles. The summed E-state index contributed by atoms with van der Waals surface area (Å²) in [7, 11) is 0. The van der Waals surface area contributed by atoms with Crippen LogP contribution in [-0.2, 0) is 5.60 Å². The summed E-state index contributed by atoms with van der Waals surface area (Å²) in [6.07, 6.45) is 3.05. The molecular weight excluding hydrogens is 168 g/mol. The summed E-state index contributed by atoms with van der Waals surface area (Å²) >= 11 is 0. The Bertz CT molecular complexity index is 266. The summed E-state index contributed by atoms with van der Waals surface area (Å²) in [4.78, 5) is 0. The zero-order valence-electron chi connectivity index (χ0n) is 7.60. The van der Waals surface area contributed by atoms with E-state index in [-0.39, 0.29) is 12.5 Å². The number of hydrogen-bond acceptors (Lipinski definition) is 3. The third-order valence-corrected chi connectivity index (χ3v) is 2.30. The highest BCUT2D eigenvalue weighted by Gasteiger charge is 2.36. The second-order valence-corrected chi connectivity index (χ2v) is 3.08. The minimum absolute atomic E-state index is 0.261. The molecule has 3 nitrogen and oxygen atoms in total. The Morgan fingerprint density at radius 3 is 2.85 bits per heavy atom. The first-order valence-electron chi connectivity index (χ1n) is 4.15. The van der Waals surface area contributed by atoms with Crippen LogP contribution in [-0.4, -0.2) is 16.8 Å². The van der Waals surface area contributed by atoms with Crippen molar-refractivity contribution >= 4 is 0 Å². The maximum absolute atomic E-state index is 10.0. The molecule has 2 atom stereocenters. The predicted molar refractivity (Wildman–Crippen MR) is 49.1 cm³/mol. The Balaban J connectivity index is 3.00. The molecular formula is C10H14O3. The number of aliphatic hydroxyl groups excluding tert-OH is 1. The molecule has 0 aromatic carbocycles. The zero-order chi connectivity index (χ0) is 9.90. The molecule has 2 N–H and O–H groups in total. The van der Waals surface area contributed by atoms with E-state index in [1.54, 1.807) is 25.1 Å². The van der Waals surface area contributed by atoms with Gasteiger partial charge in [0.1, 0.15) is 5.76 Å². The van der Waals surface area contributed by atoms with Crippen LogP contribution in [0.25, 0.3) is 0 Å². The van der Waals surface area contributed by atoms with Crippen LogP contribution in [0.15, 0.2) is 35.5 Å². The van der Waals surface area contributed by atoms with Gasteiger partial charge >= 0.3 is 0 Å². The highest BCUT2D eigenvalue weighted by atomic mass is 16.4. The molecule has 13 heavy (non-hydrogen) atoms. The van der Waals surface area contributed by atoms with E-state index in [4.69, 9.17) is 9.52 Å². The smallest absolute Gasteiger partial charge is 0.151 e. The van der Waals surface area contributed by atoms with Crippen molar-refractivity contribution in [3.8, 4) is 0 Å². The molecule has 1 heterocycles. The minimum Gasteiger partial charge on any atom is -0.466 e. The second kappa shape index (κ2) is 3.77. The molecule has 0 amide bonds. The van der Waals surface area contributed by atoms with Gasteiger partial charge in [-0.1, -0.05) is 13.0 Å². The van der Waals surface area contributed by atoms with Crippen molar-refractivity contribution in [2.75, 3.05) is 6.61 Å². The van der Waals surface area contributed by atoms with Gasteiger partial charge < -0.3 is 14.6 Å². The van der Waals surface area contributed by atoms with Gasteiger partial charge in [-0.25, -0.2) is 0 Å². The van der Waals surface area contributed by atoms with E-state index in [2.05, 4.69) is 6.58 Å². The Morgan fingerprint density at radius 2 is 2.46 bits per heavy atom. The lowest BCUT2D eigenvalue weighted by Crippen LogP contribution is -2.36. The largest absolute Gasteiger partial charge is 0.466 e. The van der Waals surface area contributed by atoms with Crippen molar-refractivity contribution in [1.82, 2.24) is 0 Å². The maximum Gasteiger partial charge on any atom is 0.151 e. The average Bonchev–Trinajstić information content (AvgIpc) is 2.68. The van der Waals surface area contributed by atoms with Crippen LogP contribution in [0.2, 0.25) is 0 Å². The topological polar surface area (TPSA) is 53.6 Å². The van der Waals surface area contributed by atoms with Crippen molar-refractivity contribution < 1.29 is 14.6 Å². The molecule has 0 spiro atoms. The Morgan fingerprint density at radius 1 is 1.77 bits per heavy atom. The molecule has 0 aliphatic rings. The van der Waals surface area contributed by atoms with Gasteiger partial charge in [0.25, 0.3) is 0 Å². The van der Waals surface area contributed by atoms with Crippen LogP contribution in [0, 0.1) is 5.92 Å².